The summed E-state index contributed by atoms with van der Waals surface area (Å²) in [6, 6.07) is 3.93. The molecule has 0 N–H and O–H groups in total. The van der Waals surface area contributed by atoms with Gasteiger partial charge in [0.05, 0.1) is 19.2 Å². The number of aromatic nitrogens is 1. The van der Waals surface area contributed by atoms with Crippen molar-refractivity contribution in [2.24, 2.45) is 5.92 Å². The molecule has 1 saturated heterocycles. The Bertz CT molecular complexity index is 1430. The Morgan fingerprint density at radius 3 is 2.48 bits per heavy atom. The highest BCUT2D eigenvalue weighted by atomic mass is 19.4. The summed E-state index contributed by atoms with van der Waals surface area (Å²) >= 11 is 0. The van der Waals surface area contributed by atoms with E-state index in [9.17, 15) is 22.4 Å². The summed E-state index contributed by atoms with van der Waals surface area (Å²) in [7, 11) is 5.18. The number of alkyl halides is 3. The van der Waals surface area contributed by atoms with Crippen LogP contribution < -0.4 is 9.64 Å². The normalized spacial score (nSPS) is 21.0. The molecule has 2 aliphatic rings. The van der Waals surface area contributed by atoms with E-state index in [2.05, 4.69) is 11.6 Å². The van der Waals surface area contributed by atoms with E-state index in [0.29, 0.717) is 39.4 Å². The Kier molecular flexibility index (Phi) is 8.76. The molecule has 0 aliphatic carbocycles. The molecule has 42 heavy (non-hydrogen) atoms. The summed E-state index contributed by atoms with van der Waals surface area (Å²) in [5.41, 5.74) is 3.48. The number of allylic oxidation sites excluding steroid dienone is 1. The van der Waals surface area contributed by atoms with Crippen LogP contribution in [0.5, 0.6) is 5.75 Å². The number of cyclic esters (lactones) is 1. The van der Waals surface area contributed by atoms with Crippen LogP contribution in [-0.2, 0) is 4.74 Å². The van der Waals surface area contributed by atoms with Crippen molar-refractivity contribution in [3.8, 4) is 16.9 Å². The quantitative estimate of drug-likeness (QED) is 0.169. The molecule has 0 saturated carbocycles. The largest absolute Gasteiger partial charge is 0.496 e. The topological polar surface area (TPSA) is 54.9 Å². The van der Waals surface area contributed by atoms with Crippen molar-refractivity contribution >= 4 is 11.9 Å². The van der Waals surface area contributed by atoms with Gasteiger partial charge in [-0.3, -0.25) is 4.90 Å². The van der Waals surface area contributed by atoms with E-state index in [4.69, 9.17) is 9.47 Å². The fraction of sp³-hybridized carbons (Fsp3) is 0.438. The molecule has 10 heteroatoms. The number of hydrogen-bond donors (Lipinski definition) is 0. The van der Waals surface area contributed by atoms with Crippen LogP contribution >= 0.6 is 0 Å². The minimum atomic E-state index is -4.29. The first kappa shape index (κ1) is 31.1. The third-order valence-corrected chi connectivity index (χ3v) is 7.88. The maximum atomic E-state index is 14.9. The number of nitrogens with zero attached hydrogens (tertiary/aromatic N) is 3. The lowest BCUT2D eigenvalue weighted by molar-refractivity contribution is -0.140. The maximum absolute atomic E-state index is 14.9. The molecule has 4 rings (SSSR count). The van der Waals surface area contributed by atoms with Gasteiger partial charge in [-0.2, -0.15) is 13.2 Å². The zero-order valence-corrected chi connectivity index (χ0v) is 24.9. The molecule has 0 radical (unpaired) electrons. The molecule has 226 valence electrons. The molecule has 4 atom stereocenters. The highest BCUT2D eigenvalue weighted by molar-refractivity contribution is 5.79. The Hall–Kier alpha value is -3.82. The van der Waals surface area contributed by atoms with E-state index >= 15 is 0 Å². The van der Waals surface area contributed by atoms with Gasteiger partial charge in [0.15, 0.2) is 6.10 Å². The highest BCUT2D eigenvalue weighted by Gasteiger charge is 2.48. The second-order valence-corrected chi connectivity index (χ2v) is 11.5. The molecule has 2 aromatic rings. The van der Waals surface area contributed by atoms with Crippen LogP contribution in [0, 0.1) is 11.7 Å². The number of ether oxygens (including phenoxy) is 2. The summed E-state index contributed by atoms with van der Waals surface area (Å²) in [6.07, 6.45) is 0.451. The van der Waals surface area contributed by atoms with Crippen molar-refractivity contribution in [2.45, 2.75) is 64.4 Å². The van der Waals surface area contributed by atoms with Gasteiger partial charge in [0.2, 0.25) is 0 Å². The molecule has 1 aromatic carbocycles. The smallest absolute Gasteiger partial charge is 0.411 e. The maximum Gasteiger partial charge on any atom is 0.411 e. The lowest BCUT2D eigenvalue weighted by Crippen LogP contribution is -2.34. The number of halogens is 4. The number of benzene rings is 1. The van der Waals surface area contributed by atoms with Gasteiger partial charge in [0.1, 0.15) is 17.4 Å². The standard InChI is InChI=1S/C32H37F4N3O3/c1-17(2)21-12-23(28(41-8)14-25(21)33)24-16-37-29(38(6)7)13-22(24)26-9-10-27-30(42-31(40)39(26)27)19(4)11-18(3)20(5)15-32(34,35)36/h9-14,16-17,20,26-27,30H,4,15H2,1-3,5-8H3. The van der Waals surface area contributed by atoms with Crippen molar-refractivity contribution < 1.29 is 31.8 Å². The van der Waals surface area contributed by atoms with Gasteiger partial charge >= 0.3 is 12.3 Å². The molecule has 3 heterocycles. The van der Waals surface area contributed by atoms with Gasteiger partial charge in [0.25, 0.3) is 0 Å². The van der Waals surface area contributed by atoms with Gasteiger partial charge < -0.3 is 14.4 Å². The lowest BCUT2D eigenvalue weighted by atomic mass is 9.92. The van der Waals surface area contributed by atoms with E-state index < -0.39 is 42.8 Å². The van der Waals surface area contributed by atoms with Crippen LogP contribution in [0.15, 0.2) is 60.3 Å². The number of carbonyl (C=O) groups excluding carboxylic acids is 1. The van der Waals surface area contributed by atoms with Crippen LogP contribution in [0.4, 0.5) is 28.2 Å². The van der Waals surface area contributed by atoms with Crippen LogP contribution in [0.3, 0.4) is 0 Å². The van der Waals surface area contributed by atoms with Crippen LogP contribution in [0.1, 0.15) is 57.2 Å². The first-order chi connectivity index (χ1) is 19.6. The van der Waals surface area contributed by atoms with Crippen LogP contribution in [-0.4, -0.2) is 55.5 Å². The predicted octanol–water partition coefficient (Wildman–Crippen LogP) is 7.98. The third-order valence-electron chi connectivity index (χ3n) is 7.88. The first-order valence-electron chi connectivity index (χ1n) is 13.8. The molecule has 2 aliphatic heterocycles. The van der Waals surface area contributed by atoms with Gasteiger partial charge in [0, 0.05) is 43.9 Å². The van der Waals surface area contributed by atoms with E-state index in [1.165, 1.54) is 20.1 Å². The van der Waals surface area contributed by atoms with E-state index in [1.807, 2.05) is 51.1 Å². The average Bonchev–Trinajstić information content (AvgIpc) is 3.48. The zero-order chi connectivity index (χ0) is 31.1. The summed E-state index contributed by atoms with van der Waals surface area (Å²) in [6.45, 7) is 11.0. The minimum Gasteiger partial charge on any atom is -0.496 e. The van der Waals surface area contributed by atoms with E-state index in [-0.39, 0.29) is 11.7 Å². The second-order valence-electron chi connectivity index (χ2n) is 11.5. The van der Waals surface area contributed by atoms with Crippen LogP contribution in [0.25, 0.3) is 11.1 Å². The second kappa shape index (κ2) is 11.8. The summed E-state index contributed by atoms with van der Waals surface area (Å²) in [4.78, 5) is 21.3. The van der Waals surface area contributed by atoms with E-state index in [1.54, 1.807) is 30.2 Å². The highest BCUT2D eigenvalue weighted by Crippen LogP contribution is 2.45. The number of pyridine rings is 1. The molecule has 0 spiro atoms. The number of anilines is 1. The molecule has 4 unspecified atom stereocenters. The van der Waals surface area contributed by atoms with Crippen LogP contribution in [0.2, 0.25) is 0 Å². The number of rotatable bonds is 9. The molecule has 1 aromatic heterocycles. The molecular weight excluding hydrogens is 550 g/mol. The number of carbonyl (C=O) groups is 1. The van der Waals surface area contributed by atoms with Crippen molar-refractivity contribution in [3.05, 3.63) is 77.3 Å². The minimum absolute atomic E-state index is 0.0847. The monoisotopic (exact) mass is 587 g/mol. The number of fused-ring (bicyclic) bond motifs is 1. The average molecular weight is 588 g/mol. The first-order valence-corrected chi connectivity index (χ1v) is 13.8. The fourth-order valence-corrected chi connectivity index (χ4v) is 5.45. The van der Waals surface area contributed by atoms with Gasteiger partial charge in [-0.25, -0.2) is 14.2 Å². The predicted molar refractivity (Wildman–Crippen MR) is 155 cm³/mol. The molecular formula is C32H37F4N3O3. The van der Waals surface area contributed by atoms with Gasteiger partial charge in [-0.1, -0.05) is 51.2 Å². The Morgan fingerprint density at radius 1 is 1.19 bits per heavy atom. The van der Waals surface area contributed by atoms with E-state index in [0.717, 1.165) is 5.56 Å². The molecule has 6 nitrogen and oxygen atoms in total. The number of hydrogen-bond acceptors (Lipinski definition) is 5. The van der Waals surface area contributed by atoms with Crippen molar-refractivity contribution in [1.29, 1.82) is 0 Å². The number of methoxy groups -OCH3 is 1. The van der Waals surface area contributed by atoms with Crippen molar-refractivity contribution in [2.75, 3.05) is 26.1 Å². The summed E-state index contributed by atoms with van der Waals surface area (Å²) < 4.78 is 65.0. The Labute approximate surface area is 244 Å². The Morgan fingerprint density at radius 2 is 1.88 bits per heavy atom. The Balaban J connectivity index is 1.73. The molecule has 1 amide bonds. The van der Waals surface area contributed by atoms with Crippen molar-refractivity contribution in [1.82, 2.24) is 9.88 Å². The molecule has 1 fully saturated rings. The summed E-state index contributed by atoms with van der Waals surface area (Å²) in [5, 5.41) is 0. The zero-order valence-electron chi connectivity index (χ0n) is 24.9. The number of amides is 1. The third kappa shape index (κ3) is 6.17. The SMILES string of the molecule is C=C(C=C(C)C(C)CC(F)(F)F)C1OC(=O)N2C(c3cc(N(C)C)ncc3-c3cc(C(C)C)c(F)cc3OC)C=CC12. The fourth-order valence-electron chi connectivity index (χ4n) is 5.45. The van der Waals surface area contributed by atoms with Gasteiger partial charge in [-0.05, 0) is 47.6 Å². The van der Waals surface area contributed by atoms with Gasteiger partial charge in [-0.15, -0.1) is 0 Å². The van der Waals surface area contributed by atoms with Crippen molar-refractivity contribution in [3.63, 3.8) is 0 Å². The molecule has 0 bridgehead atoms. The lowest BCUT2D eigenvalue weighted by Gasteiger charge is -2.27. The summed E-state index contributed by atoms with van der Waals surface area (Å²) in [5.74, 6) is -0.213.